The van der Waals surface area contributed by atoms with Gasteiger partial charge < -0.3 is 5.11 Å². The molecule has 2 nitrogen and oxygen atoms in total. The molecule has 1 aliphatic rings. The van der Waals surface area contributed by atoms with E-state index in [9.17, 15) is 9.50 Å². The fraction of sp³-hybridized carbons (Fsp3) is 0.300. The highest BCUT2D eigenvalue weighted by molar-refractivity contribution is 5.83. The summed E-state index contributed by atoms with van der Waals surface area (Å²) in [6.07, 6.45) is 5.75. The molecule has 2 aromatic rings. The van der Waals surface area contributed by atoms with Crippen LogP contribution in [0.1, 0.15) is 30.4 Å². The van der Waals surface area contributed by atoms with Gasteiger partial charge in [0.15, 0.2) is 0 Å². The minimum atomic E-state index is -0.423. The number of aromatic hydroxyl groups is 1. The number of benzene rings is 2. The zero-order valence-corrected chi connectivity index (χ0v) is 13.4. The predicted molar refractivity (Wildman–Crippen MR) is 91.9 cm³/mol. The van der Waals surface area contributed by atoms with E-state index in [0.717, 1.165) is 24.1 Å². The summed E-state index contributed by atoms with van der Waals surface area (Å²) >= 11 is 0. The van der Waals surface area contributed by atoms with E-state index < -0.39 is 5.82 Å². The van der Waals surface area contributed by atoms with Crippen LogP contribution in [0.25, 0.3) is 5.57 Å². The molecule has 1 saturated heterocycles. The maximum atomic E-state index is 13.3. The Morgan fingerprint density at radius 2 is 1.96 bits per heavy atom. The Hall–Kier alpha value is -2.13. The third-order valence-corrected chi connectivity index (χ3v) is 4.52. The molecule has 0 aromatic heterocycles. The lowest BCUT2D eigenvalue weighted by Crippen LogP contribution is -2.34. The van der Waals surface area contributed by atoms with Crippen molar-refractivity contribution >= 4 is 5.57 Å². The van der Waals surface area contributed by atoms with Gasteiger partial charge >= 0.3 is 0 Å². The Balaban J connectivity index is 2.07. The monoisotopic (exact) mass is 311 g/mol. The van der Waals surface area contributed by atoms with E-state index in [1.165, 1.54) is 25.0 Å². The van der Waals surface area contributed by atoms with Crippen molar-refractivity contribution in [1.29, 1.82) is 0 Å². The first-order valence-corrected chi connectivity index (χ1v) is 8.11. The first-order valence-electron chi connectivity index (χ1n) is 8.11. The third kappa shape index (κ3) is 3.62. The van der Waals surface area contributed by atoms with Crippen LogP contribution in [-0.4, -0.2) is 29.6 Å². The number of likely N-dealkylation sites (tertiary alicyclic amines) is 1. The van der Waals surface area contributed by atoms with Crippen LogP contribution in [0, 0.1) is 5.82 Å². The van der Waals surface area contributed by atoms with Crippen molar-refractivity contribution in [3.05, 3.63) is 71.6 Å². The van der Waals surface area contributed by atoms with E-state index in [1.807, 2.05) is 30.3 Å². The second-order valence-corrected chi connectivity index (χ2v) is 6.15. The van der Waals surface area contributed by atoms with E-state index in [-0.39, 0.29) is 5.75 Å². The van der Waals surface area contributed by atoms with Crippen molar-refractivity contribution in [2.24, 2.45) is 0 Å². The van der Waals surface area contributed by atoms with Gasteiger partial charge in [0.1, 0.15) is 11.6 Å². The van der Waals surface area contributed by atoms with Gasteiger partial charge in [0, 0.05) is 17.7 Å². The number of phenols is 1. The fourth-order valence-corrected chi connectivity index (χ4v) is 3.20. The van der Waals surface area contributed by atoms with Gasteiger partial charge in [0.2, 0.25) is 0 Å². The van der Waals surface area contributed by atoms with Gasteiger partial charge in [-0.05, 0) is 49.7 Å². The molecule has 3 rings (SSSR count). The maximum Gasteiger partial charge on any atom is 0.126 e. The molecule has 23 heavy (non-hydrogen) atoms. The standard InChI is InChI=1S/C20H22FNO/c1-22-12-6-5-9-17(22)14-19(15-7-3-2-4-8-15)18-11-10-16(21)13-20(18)23/h2-4,7-8,10-11,13-14,17,23H,5-6,9,12H2,1H3. The summed E-state index contributed by atoms with van der Waals surface area (Å²) < 4.78 is 13.3. The highest BCUT2D eigenvalue weighted by Gasteiger charge is 2.19. The van der Waals surface area contributed by atoms with Crippen molar-refractivity contribution in [3.8, 4) is 5.75 Å². The Morgan fingerprint density at radius 1 is 1.17 bits per heavy atom. The van der Waals surface area contributed by atoms with E-state index in [4.69, 9.17) is 0 Å². The molecule has 1 N–H and O–H groups in total. The van der Waals surface area contributed by atoms with Crippen LogP contribution >= 0.6 is 0 Å². The lowest BCUT2D eigenvalue weighted by atomic mass is 9.92. The van der Waals surface area contributed by atoms with Gasteiger partial charge in [-0.25, -0.2) is 4.39 Å². The SMILES string of the molecule is CN1CCCCC1C=C(c1ccccc1)c1ccc(F)cc1O. The first kappa shape index (κ1) is 15.8. The zero-order valence-electron chi connectivity index (χ0n) is 13.4. The van der Waals surface area contributed by atoms with E-state index in [2.05, 4.69) is 18.0 Å². The number of hydrogen-bond acceptors (Lipinski definition) is 2. The molecule has 1 aliphatic heterocycles. The van der Waals surface area contributed by atoms with Crippen LogP contribution in [-0.2, 0) is 0 Å². The summed E-state index contributed by atoms with van der Waals surface area (Å²) in [5.41, 5.74) is 2.67. The lowest BCUT2D eigenvalue weighted by Gasteiger charge is -2.31. The number of nitrogens with zero attached hydrogens (tertiary/aromatic N) is 1. The highest BCUT2D eigenvalue weighted by atomic mass is 19.1. The topological polar surface area (TPSA) is 23.5 Å². The quantitative estimate of drug-likeness (QED) is 0.905. The molecule has 0 spiro atoms. The van der Waals surface area contributed by atoms with Crippen LogP contribution in [0.15, 0.2) is 54.6 Å². The summed E-state index contributed by atoms with van der Waals surface area (Å²) in [6, 6.07) is 14.6. The van der Waals surface area contributed by atoms with Crippen molar-refractivity contribution in [3.63, 3.8) is 0 Å². The van der Waals surface area contributed by atoms with Crippen LogP contribution in [0.4, 0.5) is 4.39 Å². The summed E-state index contributed by atoms with van der Waals surface area (Å²) in [4.78, 5) is 2.34. The molecule has 3 heteroatoms. The molecule has 0 saturated carbocycles. The maximum absolute atomic E-state index is 13.3. The number of rotatable bonds is 3. The van der Waals surface area contributed by atoms with E-state index >= 15 is 0 Å². The average Bonchev–Trinajstić information content (AvgIpc) is 2.56. The predicted octanol–water partition coefficient (Wildman–Crippen LogP) is 4.45. The third-order valence-electron chi connectivity index (χ3n) is 4.52. The molecule has 0 aliphatic carbocycles. The van der Waals surface area contributed by atoms with Crippen LogP contribution < -0.4 is 0 Å². The van der Waals surface area contributed by atoms with Crippen LogP contribution in [0.3, 0.4) is 0 Å². The summed E-state index contributed by atoms with van der Waals surface area (Å²) in [5, 5.41) is 10.2. The molecular formula is C20H22FNO. The summed E-state index contributed by atoms with van der Waals surface area (Å²) in [5.74, 6) is -0.438. The second-order valence-electron chi connectivity index (χ2n) is 6.15. The number of halogens is 1. The highest BCUT2D eigenvalue weighted by Crippen LogP contribution is 2.32. The zero-order chi connectivity index (χ0) is 16.2. The lowest BCUT2D eigenvalue weighted by molar-refractivity contribution is 0.222. The van der Waals surface area contributed by atoms with Crippen molar-refractivity contribution in [2.75, 3.05) is 13.6 Å². The smallest absolute Gasteiger partial charge is 0.126 e. The molecule has 1 heterocycles. The van der Waals surface area contributed by atoms with Crippen molar-refractivity contribution < 1.29 is 9.50 Å². The summed E-state index contributed by atoms with van der Waals surface area (Å²) in [6.45, 7) is 1.08. The average molecular weight is 311 g/mol. The second kappa shape index (κ2) is 6.97. The molecule has 1 fully saturated rings. The molecular weight excluding hydrogens is 289 g/mol. The molecule has 1 atom stereocenters. The number of likely N-dealkylation sites (N-methyl/N-ethyl adjacent to an activating group) is 1. The molecule has 0 radical (unpaired) electrons. The van der Waals surface area contributed by atoms with Crippen molar-refractivity contribution in [1.82, 2.24) is 4.90 Å². The van der Waals surface area contributed by atoms with Crippen molar-refractivity contribution in [2.45, 2.75) is 25.3 Å². The van der Waals surface area contributed by atoms with Crippen LogP contribution in [0.5, 0.6) is 5.75 Å². The van der Waals surface area contributed by atoms with Gasteiger partial charge in [-0.15, -0.1) is 0 Å². The van der Waals surface area contributed by atoms with Crippen LogP contribution in [0.2, 0.25) is 0 Å². The van der Waals surface area contributed by atoms with Gasteiger partial charge in [-0.3, -0.25) is 4.90 Å². The number of piperidine rings is 1. The molecule has 0 amide bonds. The van der Waals surface area contributed by atoms with Gasteiger partial charge in [0.25, 0.3) is 0 Å². The van der Waals surface area contributed by atoms with Gasteiger partial charge in [-0.2, -0.15) is 0 Å². The van der Waals surface area contributed by atoms with E-state index in [1.54, 1.807) is 6.07 Å². The van der Waals surface area contributed by atoms with Gasteiger partial charge in [0.05, 0.1) is 0 Å². The Morgan fingerprint density at radius 3 is 2.65 bits per heavy atom. The fourth-order valence-electron chi connectivity index (χ4n) is 3.20. The summed E-state index contributed by atoms with van der Waals surface area (Å²) in [7, 11) is 2.13. The number of hydrogen-bond donors (Lipinski definition) is 1. The minimum Gasteiger partial charge on any atom is -0.507 e. The molecule has 0 bridgehead atoms. The largest absolute Gasteiger partial charge is 0.507 e. The molecule has 2 aromatic carbocycles. The normalized spacial score (nSPS) is 19.7. The first-order chi connectivity index (χ1) is 11.1. The Labute approximate surface area is 136 Å². The molecule has 1 unspecified atom stereocenters. The van der Waals surface area contributed by atoms with Gasteiger partial charge in [-0.1, -0.05) is 42.8 Å². The number of phenolic OH excluding ortho intramolecular Hbond substituents is 1. The van der Waals surface area contributed by atoms with E-state index in [0.29, 0.717) is 11.6 Å². The Kier molecular flexibility index (Phi) is 4.77. The molecule has 120 valence electrons. The minimum absolute atomic E-state index is 0.0152. The Bertz CT molecular complexity index is 696.